The van der Waals surface area contributed by atoms with Crippen LogP contribution in [0.25, 0.3) is 0 Å². The van der Waals surface area contributed by atoms with Crippen LogP contribution in [-0.4, -0.2) is 59.6 Å². The van der Waals surface area contributed by atoms with E-state index in [4.69, 9.17) is 29.2 Å². The largest absolute Gasteiger partial charge is 0.354 e. The smallest absolute Gasteiger partial charge is 0.282 e. The van der Waals surface area contributed by atoms with Crippen LogP contribution in [0.3, 0.4) is 0 Å². The van der Waals surface area contributed by atoms with Gasteiger partial charge in [0.2, 0.25) is 11.9 Å². The van der Waals surface area contributed by atoms with E-state index in [1.54, 1.807) is 11.8 Å². The molecule has 0 aromatic carbocycles. The van der Waals surface area contributed by atoms with Crippen molar-refractivity contribution in [2.75, 3.05) is 49.3 Å². The van der Waals surface area contributed by atoms with E-state index >= 15 is 0 Å². The van der Waals surface area contributed by atoms with Gasteiger partial charge in [-0.15, -0.1) is 0 Å². The van der Waals surface area contributed by atoms with Gasteiger partial charge in [-0.05, 0) is 46.5 Å². The Labute approximate surface area is 294 Å². The molecule has 0 atom stereocenters. The van der Waals surface area contributed by atoms with Crippen LogP contribution in [0.1, 0.15) is 182 Å². The molecule has 276 valence electrons. The Morgan fingerprint density at radius 3 is 1.28 bits per heavy atom. The van der Waals surface area contributed by atoms with Gasteiger partial charge in [-0.25, -0.2) is 0 Å². The Morgan fingerprint density at radius 2 is 0.851 bits per heavy atom. The molecule has 0 radical (unpaired) electrons. The van der Waals surface area contributed by atoms with Crippen LogP contribution in [0.2, 0.25) is 0 Å². The third-order valence-electron chi connectivity index (χ3n) is 8.44. The fourth-order valence-electron chi connectivity index (χ4n) is 5.81. The molecule has 47 heavy (non-hydrogen) atoms. The first-order chi connectivity index (χ1) is 23.1. The summed E-state index contributed by atoms with van der Waals surface area (Å²) in [5.74, 6) is 1.66. The molecule has 1 heterocycles. The van der Waals surface area contributed by atoms with E-state index in [0.29, 0.717) is 19.8 Å². The van der Waals surface area contributed by atoms with Gasteiger partial charge in [0.1, 0.15) is 0 Å². The van der Waals surface area contributed by atoms with Crippen molar-refractivity contribution in [3.8, 4) is 0 Å². The SMILES string of the molecule is CCCCCCCCNc1nc(NCCCCCCCCCCCCC(OCC)(OCC)OCC)nc(SCCCCCCCC)n1. The van der Waals surface area contributed by atoms with E-state index in [-0.39, 0.29) is 0 Å². The fraction of sp³-hybridized carbons (Fsp3) is 0.921. The van der Waals surface area contributed by atoms with Gasteiger partial charge in [-0.2, -0.15) is 15.0 Å². The predicted octanol–water partition coefficient (Wildman–Crippen LogP) is 11.6. The van der Waals surface area contributed by atoms with Gasteiger partial charge >= 0.3 is 0 Å². The second kappa shape index (κ2) is 32.1. The first kappa shape index (κ1) is 43.9. The highest BCUT2D eigenvalue weighted by atomic mass is 32.2. The van der Waals surface area contributed by atoms with Crippen molar-refractivity contribution in [1.29, 1.82) is 0 Å². The zero-order valence-electron chi connectivity index (χ0n) is 31.5. The number of hydrogen-bond donors (Lipinski definition) is 2. The Hall–Kier alpha value is -1.16. The lowest BCUT2D eigenvalue weighted by atomic mass is 10.1. The molecular weight excluding hydrogens is 607 g/mol. The van der Waals surface area contributed by atoms with Gasteiger partial charge in [0.15, 0.2) is 5.16 Å². The fourth-order valence-corrected chi connectivity index (χ4v) is 6.65. The Balaban J connectivity index is 2.28. The number of ether oxygens (including phenoxy) is 3. The lowest BCUT2D eigenvalue weighted by Gasteiger charge is -2.32. The summed E-state index contributed by atoms with van der Waals surface area (Å²) in [6.45, 7) is 14.2. The molecule has 0 amide bonds. The lowest BCUT2D eigenvalue weighted by Crippen LogP contribution is -2.39. The summed E-state index contributed by atoms with van der Waals surface area (Å²) in [6.07, 6.45) is 28.9. The van der Waals surface area contributed by atoms with Crippen LogP contribution in [0, 0.1) is 0 Å². The van der Waals surface area contributed by atoms with E-state index in [9.17, 15) is 0 Å². The maximum absolute atomic E-state index is 5.84. The number of rotatable bonds is 36. The topological polar surface area (TPSA) is 90.4 Å². The van der Waals surface area contributed by atoms with Crippen molar-refractivity contribution >= 4 is 23.7 Å². The normalized spacial score (nSPS) is 11.8. The highest BCUT2D eigenvalue weighted by Gasteiger charge is 2.31. The van der Waals surface area contributed by atoms with Gasteiger partial charge in [-0.1, -0.05) is 141 Å². The number of nitrogens with zero attached hydrogens (tertiary/aromatic N) is 3. The minimum absolute atomic E-state index is 0.602. The monoisotopic (exact) mass is 682 g/mol. The highest BCUT2D eigenvalue weighted by Crippen LogP contribution is 2.24. The van der Waals surface area contributed by atoms with E-state index in [2.05, 4.69) is 24.5 Å². The standard InChI is InChI=1S/C38H75N5O3S/c1-6-11-13-15-24-28-32-39-35-41-36(43-37(42-35)47-34-30-26-16-14-12-7-2)40-33-29-25-22-20-18-17-19-21-23-27-31-38(44-8-3,45-9-4)46-10-5/h6-34H2,1-5H3,(H2,39,40,41,42,43). The summed E-state index contributed by atoms with van der Waals surface area (Å²) in [4.78, 5) is 14.2. The molecule has 0 saturated heterocycles. The quantitative estimate of drug-likeness (QED) is 0.0408. The molecule has 0 saturated carbocycles. The number of nitrogens with one attached hydrogen (secondary N) is 2. The molecule has 8 nitrogen and oxygen atoms in total. The summed E-state index contributed by atoms with van der Waals surface area (Å²) >= 11 is 1.77. The maximum Gasteiger partial charge on any atom is 0.282 e. The van der Waals surface area contributed by atoms with E-state index in [0.717, 1.165) is 61.6 Å². The second-order valence-electron chi connectivity index (χ2n) is 12.8. The number of hydrogen-bond acceptors (Lipinski definition) is 9. The van der Waals surface area contributed by atoms with Crippen molar-refractivity contribution in [2.45, 2.75) is 193 Å². The van der Waals surface area contributed by atoms with Crippen LogP contribution in [-0.2, 0) is 14.2 Å². The van der Waals surface area contributed by atoms with Crippen molar-refractivity contribution in [3.05, 3.63) is 0 Å². The molecule has 0 unspecified atom stereocenters. The minimum Gasteiger partial charge on any atom is -0.354 e. The Bertz CT molecular complexity index is 766. The molecule has 1 aromatic heterocycles. The molecule has 0 aliphatic heterocycles. The van der Waals surface area contributed by atoms with Crippen LogP contribution in [0.15, 0.2) is 5.16 Å². The van der Waals surface area contributed by atoms with Gasteiger partial charge in [0, 0.05) is 45.1 Å². The third kappa shape index (κ3) is 24.6. The third-order valence-corrected chi connectivity index (χ3v) is 9.38. The van der Waals surface area contributed by atoms with E-state index in [1.807, 2.05) is 20.8 Å². The minimum atomic E-state index is -0.850. The average molecular weight is 682 g/mol. The number of unbranched alkanes of at least 4 members (excludes halogenated alkanes) is 19. The molecule has 0 bridgehead atoms. The summed E-state index contributed by atoms with van der Waals surface area (Å²) in [5.41, 5.74) is 0. The Morgan fingerprint density at radius 1 is 0.468 bits per heavy atom. The molecule has 9 heteroatoms. The second-order valence-corrected chi connectivity index (χ2v) is 13.8. The van der Waals surface area contributed by atoms with Gasteiger partial charge in [0.25, 0.3) is 5.97 Å². The van der Waals surface area contributed by atoms with Crippen LogP contribution >= 0.6 is 11.8 Å². The average Bonchev–Trinajstić information content (AvgIpc) is 3.06. The molecule has 1 aromatic rings. The van der Waals surface area contributed by atoms with Gasteiger partial charge in [-0.3, -0.25) is 0 Å². The van der Waals surface area contributed by atoms with E-state index < -0.39 is 5.97 Å². The highest BCUT2D eigenvalue weighted by molar-refractivity contribution is 7.99. The number of thioether (sulfide) groups is 1. The number of anilines is 2. The molecule has 2 N–H and O–H groups in total. The molecule has 1 rings (SSSR count). The number of aromatic nitrogens is 3. The lowest BCUT2D eigenvalue weighted by molar-refractivity contribution is -0.380. The van der Waals surface area contributed by atoms with Crippen molar-refractivity contribution in [3.63, 3.8) is 0 Å². The predicted molar refractivity (Wildman–Crippen MR) is 203 cm³/mol. The van der Waals surface area contributed by atoms with Crippen molar-refractivity contribution in [1.82, 2.24) is 15.0 Å². The van der Waals surface area contributed by atoms with E-state index in [1.165, 1.54) is 122 Å². The first-order valence-corrected chi connectivity index (χ1v) is 20.9. The van der Waals surface area contributed by atoms with Gasteiger partial charge < -0.3 is 24.8 Å². The van der Waals surface area contributed by atoms with Crippen LogP contribution in [0.4, 0.5) is 11.9 Å². The molecular formula is C38H75N5O3S. The van der Waals surface area contributed by atoms with Crippen molar-refractivity contribution in [2.24, 2.45) is 0 Å². The van der Waals surface area contributed by atoms with Gasteiger partial charge in [0.05, 0.1) is 0 Å². The molecule has 0 spiro atoms. The molecule has 0 fully saturated rings. The maximum atomic E-state index is 5.84. The zero-order chi connectivity index (χ0) is 34.1. The summed E-state index contributed by atoms with van der Waals surface area (Å²) in [6, 6.07) is 0. The summed E-state index contributed by atoms with van der Waals surface area (Å²) in [5, 5.41) is 7.82. The zero-order valence-corrected chi connectivity index (χ0v) is 32.3. The summed E-state index contributed by atoms with van der Waals surface area (Å²) < 4.78 is 17.5. The molecule has 0 aliphatic carbocycles. The van der Waals surface area contributed by atoms with Crippen molar-refractivity contribution < 1.29 is 14.2 Å². The van der Waals surface area contributed by atoms with Crippen LogP contribution < -0.4 is 10.6 Å². The molecule has 0 aliphatic rings. The Kier molecular flexibility index (Phi) is 29.9. The first-order valence-electron chi connectivity index (χ1n) is 19.9. The van der Waals surface area contributed by atoms with Crippen LogP contribution in [0.5, 0.6) is 0 Å². The summed E-state index contributed by atoms with van der Waals surface area (Å²) in [7, 11) is 0.